The highest BCUT2D eigenvalue weighted by Crippen LogP contribution is 2.40. The summed E-state index contributed by atoms with van der Waals surface area (Å²) in [5.74, 6) is 1.26. The Morgan fingerprint density at radius 2 is 1.81 bits per heavy atom. The molecule has 0 fully saturated rings. The predicted molar refractivity (Wildman–Crippen MR) is 152 cm³/mol. The monoisotopic (exact) mass is 571 g/mol. The zero-order valence-electron chi connectivity index (χ0n) is 20.5. The molecule has 0 radical (unpaired) electrons. The van der Waals surface area contributed by atoms with Crippen LogP contribution in [0.25, 0.3) is 0 Å². The third kappa shape index (κ3) is 5.94. The van der Waals surface area contributed by atoms with Crippen LogP contribution in [0.2, 0.25) is 0 Å². The molecule has 1 aliphatic rings. The van der Waals surface area contributed by atoms with Crippen LogP contribution in [0.5, 0.6) is 11.5 Å². The Morgan fingerprint density at radius 3 is 2.51 bits per heavy atom. The smallest absolute Gasteiger partial charge is 0.175 e. The molecule has 0 saturated carbocycles. The van der Waals surface area contributed by atoms with Crippen molar-refractivity contribution in [1.29, 1.82) is 5.26 Å². The molecule has 0 spiro atoms. The van der Waals surface area contributed by atoms with Crippen molar-refractivity contribution >= 4 is 38.5 Å². The van der Waals surface area contributed by atoms with Crippen molar-refractivity contribution in [2.75, 3.05) is 13.7 Å². The number of methoxy groups -OCH3 is 1. The fourth-order valence-electron chi connectivity index (χ4n) is 4.44. The number of thiophene rings is 1. The zero-order valence-corrected chi connectivity index (χ0v) is 22.9. The molecule has 5 rings (SSSR count). The van der Waals surface area contributed by atoms with Gasteiger partial charge in [-0.3, -0.25) is 4.90 Å². The van der Waals surface area contributed by atoms with Crippen molar-refractivity contribution in [2.24, 2.45) is 4.99 Å². The molecule has 0 saturated heterocycles. The summed E-state index contributed by atoms with van der Waals surface area (Å²) in [6, 6.07) is 26.8. The first-order valence-corrected chi connectivity index (χ1v) is 13.6. The van der Waals surface area contributed by atoms with Crippen molar-refractivity contribution in [2.45, 2.75) is 26.1 Å². The number of hydrogen-bond donors (Lipinski definition) is 0. The van der Waals surface area contributed by atoms with E-state index in [1.165, 1.54) is 10.4 Å². The van der Waals surface area contributed by atoms with E-state index < -0.39 is 0 Å². The maximum Gasteiger partial charge on any atom is 0.175 e. The van der Waals surface area contributed by atoms with Crippen molar-refractivity contribution in [1.82, 2.24) is 4.90 Å². The molecule has 0 bridgehead atoms. The highest BCUT2D eigenvalue weighted by atomic mass is 79.9. The zero-order chi connectivity index (χ0) is 25.6. The Bertz CT molecular complexity index is 1450. The van der Waals surface area contributed by atoms with Crippen LogP contribution in [0, 0.1) is 11.3 Å². The van der Waals surface area contributed by atoms with Gasteiger partial charge in [0.25, 0.3) is 0 Å². The number of rotatable bonds is 8. The van der Waals surface area contributed by atoms with E-state index in [0.717, 1.165) is 52.2 Å². The lowest BCUT2D eigenvalue weighted by Crippen LogP contribution is -2.29. The van der Waals surface area contributed by atoms with Gasteiger partial charge in [-0.15, -0.1) is 11.3 Å². The lowest BCUT2D eigenvalue weighted by Gasteiger charge is -2.26. The minimum atomic E-state index is 0.441. The van der Waals surface area contributed by atoms with Gasteiger partial charge in [0.2, 0.25) is 0 Å². The topological polar surface area (TPSA) is 57.8 Å². The van der Waals surface area contributed by atoms with Gasteiger partial charge in [-0.05, 0) is 56.7 Å². The van der Waals surface area contributed by atoms with E-state index in [2.05, 4.69) is 51.2 Å². The summed E-state index contributed by atoms with van der Waals surface area (Å²) >= 11 is 5.24. The summed E-state index contributed by atoms with van der Waals surface area (Å²) in [6.45, 7) is 3.12. The average Bonchev–Trinajstić information content (AvgIpc) is 3.28. The average molecular weight is 573 g/mol. The van der Waals surface area contributed by atoms with Crippen molar-refractivity contribution in [3.8, 4) is 17.6 Å². The molecule has 0 amide bonds. The SMILES string of the molecule is COc1cc(C=Nc2sc3c(c2C#N)CCN(Cc2ccccc2)C3)cc(Br)c1OCc1ccccc1. The van der Waals surface area contributed by atoms with E-state index >= 15 is 0 Å². The Hall–Kier alpha value is -3.44. The molecule has 0 aliphatic carbocycles. The second kappa shape index (κ2) is 11.7. The normalized spacial score (nSPS) is 13.3. The number of halogens is 1. The molecular weight excluding hydrogens is 546 g/mol. The van der Waals surface area contributed by atoms with E-state index in [1.54, 1.807) is 24.7 Å². The quantitative estimate of drug-likeness (QED) is 0.208. The highest BCUT2D eigenvalue weighted by Gasteiger charge is 2.24. The number of fused-ring (bicyclic) bond motifs is 1. The molecule has 2 heterocycles. The van der Waals surface area contributed by atoms with Crippen LogP contribution in [0.3, 0.4) is 0 Å². The number of aliphatic imine (C=N–C) groups is 1. The predicted octanol–water partition coefficient (Wildman–Crippen LogP) is 7.28. The molecule has 7 heteroatoms. The van der Waals surface area contributed by atoms with Crippen LogP contribution in [0.15, 0.2) is 82.3 Å². The maximum absolute atomic E-state index is 9.90. The third-order valence-electron chi connectivity index (χ3n) is 6.29. The van der Waals surface area contributed by atoms with Gasteiger partial charge >= 0.3 is 0 Å². The first-order valence-electron chi connectivity index (χ1n) is 12.0. The minimum absolute atomic E-state index is 0.441. The molecule has 186 valence electrons. The molecule has 1 aliphatic heterocycles. The van der Waals surface area contributed by atoms with E-state index in [9.17, 15) is 5.26 Å². The van der Waals surface area contributed by atoms with Gasteiger partial charge in [0.05, 0.1) is 17.1 Å². The van der Waals surface area contributed by atoms with Gasteiger partial charge in [-0.2, -0.15) is 5.26 Å². The number of nitriles is 1. The van der Waals surface area contributed by atoms with Gasteiger partial charge in [-0.1, -0.05) is 60.7 Å². The highest BCUT2D eigenvalue weighted by molar-refractivity contribution is 9.10. The first kappa shape index (κ1) is 25.2. The Balaban J connectivity index is 1.33. The van der Waals surface area contributed by atoms with Crippen LogP contribution >= 0.6 is 27.3 Å². The van der Waals surface area contributed by atoms with Gasteiger partial charge in [-0.25, -0.2) is 4.99 Å². The first-order chi connectivity index (χ1) is 18.1. The number of hydrogen-bond acceptors (Lipinski definition) is 6. The number of nitrogens with zero attached hydrogens (tertiary/aromatic N) is 3. The van der Waals surface area contributed by atoms with E-state index in [0.29, 0.717) is 23.7 Å². The van der Waals surface area contributed by atoms with Crippen molar-refractivity contribution < 1.29 is 9.47 Å². The van der Waals surface area contributed by atoms with Crippen LogP contribution in [-0.2, 0) is 26.1 Å². The lowest BCUT2D eigenvalue weighted by atomic mass is 10.0. The van der Waals surface area contributed by atoms with Crippen LogP contribution in [0.4, 0.5) is 5.00 Å². The number of ether oxygens (including phenoxy) is 2. The summed E-state index contributed by atoms with van der Waals surface area (Å²) in [4.78, 5) is 8.40. The summed E-state index contributed by atoms with van der Waals surface area (Å²) in [5, 5.41) is 10.7. The van der Waals surface area contributed by atoms with E-state index in [4.69, 9.17) is 14.5 Å². The molecule has 4 aromatic rings. The molecular formula is C30H26BrN3O2S. The maximum atomic E-state index is 9.90. The fourth-order valence-corrected chi connectivity index (χ4v) is 6.20. The molecule has 1 aromatic heterocycles. The second-order valence-electron chi connectivity index (χ2n) is 8.81. The largest absolute Gasteiger partial charge is 0.493 e. The van der Waals surface area contributed by atoms with Gasteiger partial charge < -0.3 is 9.47 Å². The van der Waals surface area contributed by atoms with Gasteiger partial charge in [0.1, 0.15) is 17.7 Å². The van der Waals surface area contributed by atoms with Crippen LogP contribution in [-0.4, -0.2) is 24.8 Å². The van der Waals surface area contributed by atoms with E-state index in [1.807, 2.05) is 48.5 Å². The third-order valence-corrected chi connectivity index (χ3v) is 8.00. The lowest BCUT2D eigenvalue weighted by molar-refractivity contribution is 0.249. The van der Waals surface area contributed by atoms with E-state index in [-0.39, 0.29) is 0 Å². The van der Waals surface area contributed by atoms with Crippen molar-refractivity contribution in [3.05, 3.63) is 110 Å². The summed E-state index contributed by atoms with van der Waals surface area (Å²) in [5.41, 5.74) is 5.08. The molecule has 37 heavy (non-hydrogen) atoms. The molecule has 0 atom stereocenters. The minimum Gasteiger partial charge on any atom is -0.493 e. The fraction of sp³-hybridized carbons (Fsp3) is 0.200. The van der Waals surface area contributed by atoms with Crippen LogP contribution in [0.1, 0.15) is 32.7 Å². The molecule has 5 nitrogen and oxygen atoms in total. The van der Waals surface area contributed by atoms with Gasteiger partial charge in [0, 0.05) is 30.7 Å². The summed E-state index contributed by atoms with van der Waals surface area (Å²) in [7, 11) is 1.63. The Kier molecular flexibility index (Phi) is 8.00. The molecule has 0 N–H and O–H groups in total. The molecule has 0 unspecified atom stereocenters. The van der Waals surface area contributed by atoms with Crippen molar-refractivity contribution in [3.63, 3.8) is 0 Å². The Morgan fingerprint density at radius 1 is 1.08 bits per heavy atom. The summed E-state index contributed by atoms with van der Waals surface area (Å²) < 4.78 is 12.4. The van der Waals surface area contributed by atoms with Gasteiger partial charge in [0.15, 0.2) is 11.5 Å². The van der Waals surface area contributed by atoms with Crippen LogP contribution < -0.4 is 9.47 Å². The molecule has 3 aromatic carbocycles. The second-order valence-corrected chi connectivity index (χ2v) is 10.7. The Labute approximate surface area is 229 Å². The summed E-state index contributed by atoms with van der Waals surface area (Å²) in [6.07, 6.45) is 2.65. The number of benzene rings is 3. The standard InChI is InChI=1S/C30H26BrN3O2S/c1-35-27-15-23(14-26(31)29(27)36-20-22-10-6-3-7-11-22)17-33-30-25(16-32)24-12-13-34(19-28(24)37-30)18-21-8-4-2-5-9-21/h2-11,14-15,17H,12-13,18-20H2,1H3.